The molecule has 1 aliphatic rings. The molecule has 1 heterocycles. The van der Waals surface area contributed by atoms with Gasteiger partial charge in [-0.3, -0.25) is 9.59 Å². The van der Waals surface area contributed by atoms with Crippen LogP contribution >= 0.6 is 0 Å². The monoisotopic (exact) mass is 256 g/mol. The Bertz CT molecular complexity index is 309. The third-order valence-corrected chi connectivity index (χ3v) is 3.89. The summed E-state index contributed by atoms with van der Waals surface area (Å²) in [5, 5.41) is 14.8. The molecule has 1 amide bonds. The molecule has 104 valence electrons. The molecule has 0 radical (unpaired) electrons. The number of carbonyl (C=O) groups is 2. The van der Waals surface area contributed by atoms with E-state index in [2.05, 4.69) is 10.6 Å². The first-order valence-electron chi connectivity index (χ1n) is 6.57. The Morgan fingerprint density at radius 2 is 2.17 bits per heavy atom. The van der Waals surface area contributed by atoms with Crippen LogP contribution in [-0.2, 0) is 9.59 Å². The van der Waals surface area contributed by atoms with Gasteiger partial charge in [0.1, 0.15) is 0 Å². The second-order valence-electron chi connectivity index (χ2n) is 5.71. The maximum atomic E-state index is 12.2. The quantitative estimate of drug-likeness (QED) is 0.681. The molecule has 2 unspecified atom stereocenters. The minimum Gasteiger partial charge on any atom is -0.481 e. The van der Waals surface area contributed by atoms with Gasteiger partial charge in [-0.15, -0.1) is 0 Å². The van der Waals surface area contributed by atoms with Gasteiger partial charge in [-0.05, 0) is 31.8 Å². The van der Waals surface area contributed by atoms with Gasteiger partial charge in [0.05, 0.1) is 5.92 Å². The topological polar surface area (TPSA) is 78.4 Å². The maximum absolute atomic E-state index is 12.2. The third kappa shape index (κ3) is 3.70. The lowest BCUT2D eigenvalue weighted by atomic mass is 9.74. The highest BCUT2D eigenvalue weighted by Crippen LogP contribution is 2.31. The molecule has 1 aliphatic heterocycles. The lowest BCUT2D eigenvalue weighted by Gasteiger charge is -2.36. The molecule has 0 spiro atoms. The van der Waals surface area contributed by atoms with Crippen LogP contribution in [0, 0.1) is 17.3 Å². The van der Waals surface area contributed by atoms with E-state index in [1.807, 2.05) is 13.8 Å². The Morgan fingerprint density at radius 1 is 1.50 bits per heavy atom. The Labute approximate surface area is 108 Å². The average molecular weight is 256 g/mol. The van der Waals surface area contributed by atoms with Crippen LogP contribution in [0.4, 0.5) is 0 Å². The van der Waals surface area contributed by atoms with Crippen LogP contribution in [0.15, 0.2) is 0 Å². The molecule has 1 saturated heterocycles. The number of piperidine rings is 1. The Morgan fingerprint density at radius 3 is 2.67 bits per heavy atom. The Hall–Kier alpha value is -1.10. The van der Waals surface area contributed by atoms with Gasteiger partial charge in [0.15, 0.2) is 0 Å². The van der Waals surface area contributed by atoms with Gasteiger partial charge in [-0.1, -0.05) is 20.8 Å². The fourth-order valence-electron chi connectivity index (χ4n) is 2.21. The number of aliphatic carboxylic acids is 1. The number of carboxylic acids is 1. The van der Waals surface area contributed by atoms with Crippen LogP contribution in [0.1, 0.15) is 33.6 Å². The normalized spacial score (nSPS) is 22.3. The summed E-state index contributed by atoms with van der Waals surface area (Å²) < 4.78 is 0. The largest absolute Gasteiger partial charge is 0.481 e. The first-order valence-corrected chi connectivity index (χ1v) is 6.57. The molecule has 0 saturated carbocycles. The van der Waals surface area contributed by atoms with Crippen LogP contribution < -0.4 is 10.6 Å². The van der Waals surface area contributed by atoms with E-state index in [4.69, 9.17) is 5.11 Å². The summed E-state index contributed by atoms with van der Waals surface area (Å²) in [6, 6.07) is 0. The van der Waals surface area contributed by atoms with Crippen LogP contribution in [-0.4, -0.2) is 36.6 Å². The molecule has 18 heavy (non-hydrogen) atoms. The summed E-state index contributed by atoms with van der Waals surface area (Å²) in [5.74, 6) is -1.17. The van der Waals surface area contributed by atoms with Crippen molar-refractivity contribution in [2.24, 2.45) is 17.3 Å². The highest BCUT2D eigenvalue weighted by atomic mass is 16.4. The Balaban J connectivity index is 2.50. The number of hydrogen-bond acceptors (Lipinski definition) is 3. The predicted octanol–water partition coefficient (Wildman–Crippen LogP) is 0.849. The lowest BCUT2D eigenvalue weighted by molar-refractivity contribution is -0.141. The Kier molecular flexibility index (Phi) is 5.14. The zero-order chi connectivity index (χ0) is 13.8. The van der Waals surface area contributed by atoms with Crippen LogP contribution in [0.2, 0.25) is 0 Å². The first-order chi connectivity index (χ1) is 8.35. The number of carbonyl (C=O) groups excluding carboxylic acids is 1. The minimum absolute atomic E-state index is 0.0516. The van der Waals surface area contributed by atoms with Gasteiger partial charge in [-0.25, -0.2) is 0 Å². The molecule has 1 rings (SSSR count). The molecule has 3 N–H and O–H groups in total. The second kappa shape index (κ2) is 6.18. The van der Waals surface area contributed by atoms with Crippen molar-refractivity contribution in [1.29, 1.82) is 0 Å². The fourth-order valence-corrected chi connectivity index (χ4v) is 2.21. The standard InChI is InChI=1S/C13H24N2O3/c1-9(11(16)17)7-15-12(18)13(2,3)10-5-4-6-14-8-10/h9-10,14H,4-8H2,1-3H3,(H,15,18)(H,16,17). The number of carboxylic acid groups (broad SMARTS) is 1. The summed E-state index contributed by atoms with van der Waals surface area (Å²) in [5.41, 5.74) is -0.453. The van der Waals surface area contributed by atoms with Crippen LogP contribution in [0.25, 0.3) is 0 Å². The molecule has 0 aromatic rings. The highest BCUT2D eigenvalue weighted by Gasteiger charge is 2.37. The molecule has 5 nitrogen and oxygen atoms in total. The highest BCUT2D eigenvalue weighted by molar-refractivity contribution is 5.82. The molecule has 0 bridgehead atoms. The van der Waals surface area contributed by atoms with Gasteiger partial charge < -0.3 is 15.7 Å². The second-order valence-corrected chi connectivity index (χ2v) is 5.71. The minimum atomic E-state index is -0.882. The zero-order valence-electron chi connectivity index (χ0n) is 11.5. The van der Waals surface area contributed by atoms with Crippen molar-refractivity contribution in [3.8, 4) is 0 Å². The number of amides is 1. The van der Waals surface area contributed by atoms with E-state index in [9.17, 15) is 9.59 Å². The van der Waals surface area contributed by atoms with E-state index in [1.54, 1.807) is 6.92 Å². The molecule has 0 aliphatic carbocycles. The van der Waals surface area contributed by atoms with E-state index in [1.165, 1.54) is 0 Å². The third-order valence-electron chi connectivity index (χ3n) is 3.89. The van der Waals surface area contributed by atoms with Crippen molar-refractivity contribution in [2.75, 3.05) is 19.6 Å². The van der Waals surface area contributed by atoms with Crippen molar-refractivity contribution in [1.82, 2.24) is 10.6 Å². The van der Waals surface area contributed by atoms with Gasteiger partial charge >= 0.3 is 5.97 Å². The molecule has 2 atom stereocenters. The molecule has 0 aromatic heterocycles. The van der Waals surface area contributed by atoms with Gasteiger partial charge in [-0.2, -0.15) is 0 Å². The summed E-state index contributed by atoms with van der Waals surface area (Å²) in [6.07, 6.45) is 2.13. The van der Waals surface area contributed by atoms with Gasteiger partial charge in [0.2, 0.25) is 5.91 Å². The number of nitrogens with one attached hydrogen (secondary N) is 2. The summed E-state index contributed by atoms with van der Waals surface area (Å²) in [6.45, 7) is 7.53. The van der Waals surface area contributed by atoms with E-state index < -0.39 is 17.3 Å². The molecule has 5 heteroatoms. The molecule has 0 aromatic carbocycles. The van der Waals surface area contributed by atoms with E-state index in [0.717, 1.165) is 25.9 Å². The fraction of sp³-hybridized carbons (Fsp3) is 0.846. The van der Waals surface area contributed by atoms with E-state index in [-0.39, 0.29) is 12.5 Å². The van der Waals surface area contributed by atoms with Gasteiger partial charge in [0, 0.05) is 12.0 Å². The summed E-state index contributed by atoms with van der Waals surface area (Å²) in [4.78, 5) is 22.9. The lowest BCUT2D eigenvalue weighted by Crippen LogP contribution is -2.48. The van der Waals surface area contributed by atoms with Gasteiger partial charge in [0.25, 0.3) is 0 Å². The van der Waals surface area contributed by atoms with Crippen LogP contribution in [0.5, 0.6) is 0 Å². The number of rotatable bonds is 5. The average Bonchev–Trinajstić information content (AvgIpc) is 2.36. The smallest absolute Gasteiger partial charge is 0.308 e. The van der Waals surface area contributed by atoms with E-state index in [0.29, 0.717) is 5.92 Å². The maximum Gasteiger partial charge on any atom is 0.308 e. The van der Waals surface area contributed by atoms with Crippen molar-refractivity contribution >= 4 is 11.9 Å². The van der Waals surface area contributed by atoms with Crippen molar-refractivity contribution in [3.05, 3.63) is 0 Å². The van der Waals surface area contributed by atoms with E-state index >= 15 is 0 Å². The van der Waals surface area contributed by atoms with Crippen molar-refractivity contribution in [3.63, 3.8) is 0 Å². The summed E-state index contributed by atoms with van der Waals surface area (Å²) in [7, 11) is 0. The van der Waals surface area contributed by atoms with Crippen LogP contribution in [0.3, 0.4) is 0 Å². The number of hydrogen-bond donors (Lipinski definition) is 3. The first kappa shape index (κ1) is 15.0. The summed E-state index contributed by atoms with van der Waals surface area (Å²) >= 11 is 0. The zero-order valence-corrected chi connectivity index (χ0v) is 11.5. The SMILES string of the molecule is CC(CNC(=O)C(C)(C)C1CCCNC1)C(=O)O. The molecule has 1 fully saturated rings. The predicted molar refractivity (Wildman–Crippen MR) is 69.2 cm³/mol. The van der Waals surface area contributed by atoms with Crippen molar-refractivity contribution in [2.45, 2.75) is 33.6 Å². The molecular formula is C13H24N2O3. The van der Waals surface area contributed by atoms with Crippen molar-refractivity contribution < 1.29 is 14.7 Å². The molecular weight excluding hydrogens is 232 g/mol.